The predicted octanol–water partition coefficient (Wildman–Crippen LogP) is 1.20. The fraction of sp³-hybridized carbons (Fsp3) is 0.400. The largest absolute Gasteiger partial charge is 0.353 e. The molecule has 2 rings (SSSR count). The van der Waals surface area contributed by atoms with Gasteiger partial charge < -0.3 is 9.64 Å². The van der Waals surface area contributed by atoms with Gasteiger partial charge in [0.1, 0.15) is 5.69 Å². The van der Waals surface area contributed by atoms with Crippen molar-refractivity contribution in [3.63, 3.8) is 0 Å². The van der Waals surface area contributed by atoms with Crippen LogP contribution >= 0.6 is 0 Å². The molecule has 1 aromatic rings. The topological polar surface area (TPSA) is 42.4 Å². The van der Waals surface area contributed by atoms with E-state index in [2.05, 4.69) is 4.98 Å². The third-order valence-electron chi connectivity index (χ3n) is 2.30. The van der Waals surface area contributed by atoms with E-state index in [0.29, 0.717) is 12.2 Å². The van der Waals surface area contributed by atoms with Gasteiger partial charge in [0.05, 0.1) is 5.56 Å². The number of carbonyl (C=O) groups excluding carboxylic acids is 1. The lowest BCUT2D eigenvalue weighted by Crippen LogP contribution is -2.25. The molecule has 1 aliphatic rings. The van der Waals surface area contributed by atoms with Gasteiger partial charge in [-0.2, -0.15) is 0 Å². The quantitative estimate of drug-likeness (QED) is 0.707. The molecule has 0 saturated heterocycles. The molecule has 14 heavy (non-hydrogen) atoms. The molecule has 1 amide bonds. The SMILES string of the molecule is CCOC1c2ncccc2C(=O)N1C. The zero-order valence-electron chi connectivity index (χ0n) is 8.23. The second-order valence-electron chi connectivity index (χ2n) is 3.16. The van der Waals surface area contributed by atoms with E-state index in [1.807, 2.05) is 6.92 Å². The molecule has 0 N–H and O–H groups in total. The molecule has 1 aliphatic heterocycles. The van der Waals surface area contributed by atoms with E-state index in [4.69, 9.17) is 4.74 Å². The summed E-state index contributed by atoms with van der Waals surface area (Å²) in [7, 11) is 1.73. The molecule has 0 aromatic carbocycles. The number of aromatic nitrogens is 1. The summed E-state index contributed by atoms with van der Waals surface area (Å²) in [4.78, 5) is 17.4. The van der Waals surface area contributed by atoms with E-state index >= 15 is 0 Å². The summed E-state index contributed by atoms with van der Waals surface area (Å²) in [6, 6.07) is 3.54. The zero-order chi connectivity index (χ0) is 10.1. The minimum atomic E-state index is -0.316. The van der Waals surface area contributed by atoms with E-state index in [1.54, 1.807) is 30.3 Å². The lowest BCUT2D eigenvalue weighted by Gasteiger charge is -2.19. The second kappa shape index (κ2) is 3.38. The average Bonchev–Trinajstić information content (AvgIpc) is 2.45. The maximum absolute atomic E-state index is 11.7. The molecule has 4 heteroatoms. The standard InChI is InChI=1S/C10H12N2O2/c1-3-14-10-8-7(5-4-6-11-8)9(13)12(10)2/h4-6,10H,3H2,1-2H3. The number of pyridine rings is 1. The van der Waals surface area contributed by atoms with Gasteiger partial charge in [0.25, 0.3) is 5.91 Å². The lowest BCUT2D eigenvalue weighted by molar-refractivity contribution is -0.0255. The van der Waals surface area contributed by atoms with Gasteiger partial charge in [-0.1, -0.05) is 0 Å². The number of ether oxygens (including phenoxy) is 1. The Hall–Kier alpha value is -1.42. The summed E-state index contributed by atoms with van der Waals surface area (Å²) in [5.74, 6) is -0.0217. The number of amides is 1. The summed E-state index contributed by atoms with van der Waals surface area (Å²) >= 11 is 0. The third-order valence-corrected chi connectivity index (χ3v) is 2.30. The van der Waals surface area contributed by atoms with Crippen molar-refractivity contribution in [1.82, 2.24) is 9.88 Å². The number of rotatable bonds is 2. The molecule has 0 spiro atoms. The van der Waals surface area contributed by atoms with Gasteiger partial charge >= 0.3 is 0 Å². The van der Waals surface area contributed by atoms with Gasteiger partial charge in [-0.25, -0.2) is 0 Å². The number of carbonyl (C=O) groups is 1. The van der Waals surface area contributed by atoms with Gasteiger partial charge in [0, 0.05) is 19.9 Å². The minimum absolute atomic E-state index is 0.0217. The fourth-order valence-electron chi connectivity index (χ4n) is 1.62. The molecule has 1 aromatic heterocycles. The fourth-order valence-corrected chi connectivity index (χ4v) is 1.62. The first-order valence-electron chi connectivity index (χ1n) is 4.59. The van der Waals surface area contributed by atoms with E-state index < -0.39 is 0 Å². The normalized spacial score (nSPS) is 20.0. The Bertz CT molecular complexity index is 365. The van der Waals surface area contributed by atoms with E-state index in [9.17, 15) is 4.79 Å². The maximum Gasteiger partial charge on any atom is 0.257 e. The molecule has 0 fully saturated rings. The summed E-state index contributed by atoms with van der Waals surface area (Å²) in [6.45, 7) is 2.47. The van der Waals surface area contributed by atoms with Crippen LogP contribution in [0.5, 0.6) is 0 Å². The number of nitrogens with zero attached hydrogens (tertiary/aromatic N) is 2. The smallest absolute Gasteiger partial charge is 0.257 e. The summed E-state index contributed by atoms with van der Waals surface area (Å²) in [5.41, 5.74) is 1.37. The Balaban J connectivity index is 2.42. The Kier molecular flexibility index (Phi) is 2.21. The average molecular weight is 192 g/mol. The maximum atomic E-state index is 11.7. The third kappa shape index (κ3) is 1.19. The van der Waals surface area contributed by atoms with Crippen LogP contribution in [0.2, 0.25) is 0 Å². The molecule has 4 nitrogen and oxygen atoms in total. The van der Waals surface area contributed by atoms with Crippen LogP contribution in [0.1, 0.15) is 29.2 Å². The molecule has 1 unspecified atom stereocenters. The molecule has 1 atom stereocenters. The van der Waals surface area contributed by atoms with E-state index in [1.165, 1.54) is 0 Å². The summed E-state index contributed by atoms with van der Waals surface area (Å²) in [6.07, 6.45) is 1.36. The molecule has 0 saturated carbocycles. The Morgan fingerprint density at radius 1 is 1.64 bits per heavy atom. The molecule has 74 valence electrons. The van der Waals surface area contributed by atoms with Crippen molar-refractivity contribution < 1.29 is 9.53 Å². The van der Waals surface area contributed by atoms with Crippen molar-refractivity contribution in [2.45, 2.75) is 13.2 Å². The van der Waals surface area contributed by atoms with Crippen LogP contribution in [0.4, 0.5) is 0 Å². The van der Waals surface area contributed by atoms with Gasteiger partial charge in [-0.05, 0) is 19.1 Å². The molecule has 0 bridgehead atoms. The molecular formula is C10H12N2O2. The first-order valence-corrected chi connectivity index (χ1v) is 4.59. The van der Waals surface area contributed by atoms with Crippen molar-refractivity contribution in [3.8, 4) is 0 Å². The highest BCUT2D eigenvalue weighted by atomic mass is 16.5. The van der Waals surface area contributed by atoms with Crippen LogP contribution in [0.3, 0.4) is 0 Å². The van der Waals surface area contributed by atoms with Crippen LogP contribution in [0.15, 0.2) is 18.3 Å². The lowest BCUT2D eigenvalue weighted by atomic mass is 10.2. The van der Waals surface area contributed by atoms with Crippen LogP contribution < -0.4 is 0 Å². The molecule has 0 radical (unpaired) electrons. The molecule has 0 aliphatic carbocycles. The second-order valence-corrected chi connectivity index (χ2v) is 3.16. The van der Waals surface area contributed by atoms with Crippen LogP contribution in [-0.4, -0.2) is 29.4 Å². The van der Waals surface area contributed by atoms with Gasteiger partial charge in [0.2, 0.25) is 0 Å². The highest BCUT2D eigenvalue weighted by Gasteiger charge is 2.35. The zero-order valence-corrected chi connectivity index (χ0v) is 8.23. The Morgan fingerprint density at radius 3 is 3.14 bits per heavy atom. The van der Waals surface area contributed by atoms with Crippen LogP contribution in [0, 0.1) is 0 Å². The summed E-state index contributed by atoms with van der Waals surface area (Å²) < 4.78 is 5.45. The van der Waals surface area contributed by atoms with Crippen molar-refractivity contribution in [2.75, 3.05) is 13.7 Å². The van der Waals surface area contributed by atoms with Gasteiger partial charge in [-0.3, -0.25) is 9.78 Å². The van der Waals surface area contributed by atoms with Crippen molar-refractivity contribution in [1.29, 1.82) is 0 Å². The Morgan fingerprint density at radius 2 is 2.43 bits per heavy atom. The van der Waals surface area contributed by atoms with Gasteiger partial charge in [0.15, 0.2) is 6.23 Å². The van der Waals surface area contributed by atoms with E-state index in [-0.39, 0.29) is 12.1 Å². The number of fused-ring (bicyclic) bond motifs is 1. The highest BCUT2D eigenvalue weighted by molar-refractivity contribution is 5.98. The molecular weight excluding hydrogens is 180 g/mol. The van der Waals surface area contributed by atoms with Crippen molar-refractivity contribution >= 4 is 5.91 Å². The highest BCUT2D eigenvalue weighted by Crippen LogP contribution is 2.30. The van der Waals surface area contributed by atoms with E-state index in [0.717, 1.165) is 5.69 Å². The van der Waals surface area contributed by atoms with Crippen molar-refractivity contribution in [2.24, 2.45) is 0 Å². The predicted molar refractivity (Wildman–Crippen MR) is 50.7 cm³/mol. The monoisotopic (exact) mass is 192 g/mol. The number of hydrogen-bond donors (Lipinski definition) is 0. The van der Waals surface area contributed by atoms with Crippen LogP contribution in [-0.2, 0) is 4.74 Å². The first-order chi connectivity index (χ1) is 6.75. The minimum Gasteiger partial charge on any atom is -0.353 e. The molecule has 2 heterocycles. The van der Waals surface area contributed by atoms with Gasteiger partial charge in [-0.15, -0.1) is 0 Å². The first kappa shape index (κ1) is 9.15. The number of hydrogen-bond acceptors (Lipinski definition) is 3. The van der Waals surface area contributed by atoms with Crippen molar-refractivity contribution in [3.05, 3.63) is 29.6 Å². The summed E-state index contributed by atoms with van der Waals surface area (Å²) in [5, 5.41) is 0. The Labute approximate surface area is 82.5 Å². The van der Waals surface area contributed by atoms with Crippen LogP contribution in [0.25, 0.3) is 0 Å².